The zero-order chi connectivity index (χ0) is 25.7. The van der Waals surface area contributed by atoms with E-state index in [0.29, 0.717) is 41.6 Å². The lowest BCUT2D eigenvalue weighted by Gasteiger charge is -2.26. The topological polar surface area (TPSA) is 85.3 Å². The van der Waals surface area contributed by atoms with Crippen molar-refractivity contribution < 1.29 is 28.9 Å². The minimum atomic E-state index is -0.794. The van der Waals surface area contributed by atoms with E-state index < -0.39 is 17.7 Å². The van der Waals surface area contributed by atoms with Crippen LogP contribution in [0.5, 0.6) is 17.2 Å². The Morgan fingerprint density at radius 2 is 1.58 bits per heavy atom. The molecule has 1 atom stereocenters. The number of nitrogens with zero attached hydrogens (tertiary/aromatic N) is 1. The molecule has 0 saturated carbocycles. The molecule has 186 valence electrons. The van der Waals surface area contributed by atoms with Gasteiger partial charge in [0.25, 0.3) is 11.7 Å². The predicted octanol–water partition coefficient (Wildman–Crippen LogP) is 5.11. The summed E-state index contributed by atoms with van der Waals surface area (Å²) in [4.78, 5) is 28.2. The Bertz CT molecular complexity index is 1280. The van der Waals surface area contributed by atoms with Crippen molar-refractivity contribution in [2.45, 2.75) is 26.4 Å². The molecule has 0 radical (unpaired) electrons. The molecule has 1 heterocycles. The Morgan fingerprint density at radius 3 is 2.28 bits per heavy atom. The zero-order valence-corrected chi connectivity index (χ0v) is 20.6. The second-order valence-electron chi connectivity index (χ2n) is 8.17. The number of hydrogen-bond donors (Lipinski definition) is 1. The summed E-state index contributed by atoms with van der Waals surface area (Å²) in [7, 11) is 1.56. The van der Waals surface area contributed by atoms with E-state index in [2.05, 4.69) is 0 Å². The molecular weight excluding hydrogens is 458 g/mol. The van der Waals surface area contributed by atoms with E-state index in [1.165, 1.54) is 4.90 Å². The van der Waals surface area contributed by atoms with Crippen LogP contribution in [0.1, 0.15) is 36.6 Å². The van der Waals surface area contributed by atoms with Crippen LogP contribution in [0, 0.1) is 0 Å². The van der Waals surface area contributed by atoms with Gasteiger partial charge in [0.1, 0.15) is 23.0 Å². The number of para-hydroxylation sites is 1. The Kier molecular flexibility index (Phi) is 7.59. The molecule has 4 rings (SSSR count). The Morgan fingerprint density at radius 1 is 0.889 bits per heavy atom. The van der Waals surface area contributed by atoms with E-state index in [1.54, 1.807) is 31.4 Å². The summed E-state index contributed by atoms with van der Waals surface area (Å²) in [6.45, 7) is 4.65. The lowest BCUT2D eigenvalue weighted by atomic mass is 9.95. The number of ketones is 1. The fraction of sp³-hybridized carbons (Fsp3) is 0.241. The highest BCUT2D eigenvalue weighted by atomic mass is 16.5. The molecule has 1 aliphatic heterocycles. The number of ether oxygens (including phenoxy) is 3. The molecule has 1 saturated heterocycles. The summed E-state index contributed by atoms with van der Waals surface area (Å²) in [6.07, 6.45) is 0. The summed E-state index contributed by atoms with van der Waals surface area (Å²) in [5.74, 6) is -0.196. The normalized spacial score (nSPS) is 16.8. The van der Waals surface area contributed by atoms with Crippen molar-refractivity contribution >= 4 is 17.4 Å². The highest BCUT2D eigenvalue weighted by molar-refractivity contribution is 6.46. The Labute approximate surface area is 210 Å². The van der Waals surface area contributed by atoms with Gasteiger partial charge in [-0.2, -0.15) is 0 Å². The van der Waals surface area contributed by atoms with E-state index in [0.717, 1.165) is 5.56 Å². The Balaban J connectivity index is 1.87. The molecule has 7 nitrogen and oxygen atoms in total. The van der Waals surface area contributed by atoms with Gasteiger partial charge in [-0.05, 0) is 37.6 Å². The molecule has 0 aromatic heterocycles. The number of amides is 1. The highest BCUT2D eigenvalue weighted by Crippen LogP contribution is 2.42. The van der Waals surface area contributed by atoms with E-state index in [9.17, 15) is 14.7 Å². The zero-order valence-electron chi connectivity index (χ0n) is 20.6. The van der Waals surface area contributed by atoms with Gasteiger partial charge >= 0.3 is 0 Å². The van der Waals surface area contributed by atoms with Crippen molar-refractivity contribution in [2.75, 3.05) is 20.3 Å². The van der Waals surface area contributed by atoms with Gasteiger partial charge in [-0.3, -0.25) is 9.59 Å². The fourth-order valence-electron chi connectivity index (χ4n) is 4.42. The monoisotopic (exact) mass is 487 g/mol. The van der Waals surface area contributed by atoms with Crippen molar-refractivity contribution in [3.05, 3.63) is 95.1 Å². The summed E-state index contributed by atoms with van der Waals surface area (Å²) < 4.78 is 16.8. The molecular formula is C29H29NO6. The molecule has 0 aliphatic carbocycles. The SMILES string of the molecule is CCOc1ccc(/C(O)=C2/C(=O)C(=O)N(Cc3ccccc3OC)C2c2ccccc2)c(OCC)c1. The van der Waals surface area contributed by atoms with E-state index in [-0.39, 0.29) is 17.9 Å². The minimum Gasteiger partial charge on any atom is -0.507 e. The first-order valence-corrected chi connectivity index (χ1v) is 11.8. The van der Waals surface area contributed by atoms with Gasteiger partial charge in [-0.1, -0.05) is 48.5 Å². The number of rotatable bonds is 9. The molecule has 0 spiro atoms. The van der Waals surface area contributed by atoms with Crippen LogP contribution in [0.2, 0.25) is 0 Å². The minimum absolute atomic E-state index is 0.00575. The quantitative estimate of drug-likeness (QED) is 0.256. The van der Waals surface area contributed by atoms with Gasteiger partial charge < -0.3 is 24.2 Å². The maximum absolute atomic E-state index is 13.4. The van der Waals surface area contributed by atoms with Crippen LogP contribution in [-0.2, 0) is 16.1 Å². The third kappa shape index (κ3) is 4.77. The third-order valence-electron chi connectivity index (χ3n) is 6.01. The van der Waals surface area contributed by atoms with Crippen molar-refractivity contribution in [1.29, 1.82) is 0 Å². The molecule has 1 N–H and O–H groups in total. The molecule has 36 heavy (non-hydrogen) atoms. The molecule has 1 unspecified atom stereocenters. The lowest BCUT2D eigenvalue weighted by molar-refractivity contribution is -0.140. The van der Waals surface area contributed by atoms with Crippen molar-refractivity contribution in [1.82, 2.24) is 4.90 Å². The number of Topliss-reactive ketones (excluding diaryl/α,β-unsaturated/α-hetero) is 1. The molecule has 3 aromatic rings. The molecule has 1 aliphatic rings. The molecule has 7 heteroatoms. The second-order valence-corrected chi connectivity index (χ2v) is 8.17. The van der Waals surface area contributed by atoms with Crippen LogP contribution >= 0.6 is 0 Å². The second kappa shape index (κ2) is 11.0. The van der Waals surface area contributed by atoms with Crippen LogP contribution < -0.4 is 14.2 Å². The average molecular weight is 488 g/mol. The van der Waals surface area contributed by atoms with Gasteiger partial charge in [0.05, 0.1) is 44.0 Å². The number of aliphatic hydroxyl groups is 1. The van der Waals surface area contributed by atoms with Crippen molar-refractivity contribution in [3.8, 4) is 17.2 Å². The summed E-state index contributed by atoms with van der Waals surface area (Å²) in [6, 6.07) is 20.7. The first kappa shape index (κ1) is 24.9. The summed E-state index contributed by atoms with van der Waals surface area (Å²) >= 11 is 0. The molecule has 3 aromatic carbocycles. The number of likely N-dealkylation sites (tertiary alicyclic amines) is 1. The van der Waals surface area contributed by atoms with Crippen LogP contribution in [-0.4, -0.2) is 42.0 Å². The highest BCUT2D eigenvalue weighted by Gasteiger charge is 2.46. The van der Waals surface area contributed by atoms with Crippen molar-refractivity contribution in [3.63, 3.8) is 0 Å². The number of methoxy groups -OCH3 is 1. The van der Waals surface area contributed by atoms with Crippen LogP contribution in [0.4, 0.5) is 0 Å². The third-order valence-corrected chi connectivity index (χ3v) is 6.01. The Hall–Kier alpha value is -4.26. The smallest absolute Gasteiger partial charge is 0.295 e. The predicted molar refractivity (Wildman–Crippen MR) is 136 cm³/mol. The standard InChI is InChI=1S/C29H29NO6/c1-4-35-21-15-16-22(24(17-21)36-5-2)27(31)25-26(19-11-7-6-8-12-19)30(29(33)28(25)32)18-20-13-9-10-14-23(20)34-3/h6-17,26,31H,4-5,18H2,1-3H3/b27-25-. The maximum Gasteiger partial charge on any atom is 0.295 e. The van der Waals surface area contributed by atoms with Crippen LogP contribution in [0.3, 0.4) is 0 Å². The van der Waals surface area contributed by atoms with Gasteiger partial charge in [-0.25, -0.2) is 0 Å². The largest absolute Gasteiger partial charge is 0.507 e. The van der Waals surface area contributed by atoms with E-state index in [1.807, 2.05) is 62.4 Å². The fourth-order valence-corrected chi connectivity index (χ4v) is 4.42. The van der Waals surface area contributed by atoms with E-state index >= 15 is 0 Å². The molecule has 0 bridgehead atoms. The van der Waals surface area contributed by atoms with Crippen molar-refractivity contribution in [2.24, 2.45) is 0 Å². The van der Waals surface area contributed by atoms with Crippen LogP contribution in [0.25, 0.3) is 5.76 Å². The first-order valence-electron chi connectivity index (χ1n) is 11.8. The number of carbonyl (C=O) groups is 2. The summed E-state index contributed by atoms with van der Waals surface area (Å²) in [5.41, 5.74) is 1.78. The van der Waals surface area contributed by atoms with Gasteiger partial charge in [-0.15, -0.1) is 0 Å². The number of aliphatic hydroxyl groups excluding tert-OH is 1. The van der Waals surface area contributed by atoms with Gasteiger partial charge in [0.15, 0.2) is 0 Å². The first-order chi connectivity index (χ1) is 17.5. The number of hydrogen-bond acceptors (Lipinski definition) is 6. The number of benzene rings is 3. The lowest BCUT2D eigenvalue weighted by Crippen LogP contribution is -2.29. The molecule has 1 fully saturated rings. The number of carbonyl (C=O) groups excluding carboxylic acids is 2. The maximum atomic E-state index is 13.4. The van der Waals surface area contributed by atoms with Gasteiger partial charge in [0.2, 0.25) is 0 Å². The summed E-state index contributed by atoms with van der Waals surface area (Å²) in [5, 5.41) is 11.5. The molecule has 1 amide bonds. The van der Waals surface area contributed by atoms with Crippen LogP contribution in [0.15, 0.2) is 78.4 Å². The van der Waals surface area contributed by atoms with Gasteiger partial charge in [0, 0.05) is 11.6 Å². The average Bonchev–Trinajstić information content (AvgIpc) is 3.14. The van der Waals surface area contributed by atoms with E-state index in [4.69, 9.17) is 14.2 Å².